The lowest BCUT2D eigenvalue weighted by Gasteiger charge is -2.42. The van der Waals surface area contributed by atoms with Crippen molar-refractivity contribution in [2.45, 2.75) is 43.6 Å². The molecule has 5 heteroatoms. The third-order valence-corrected chi connectivity index (χ3v) is 4.44. The molecule has 3 fully saturated rings. The Morgan fingerprint density at radius 3 is 2.56 bits per heavy atom. The molecule has 0 aromatic heterocycles. The lowest BCUT2D eigenvalue weighted by molar-refractivity contribution is -0.102. The van der Waals surface area contributed by atoms with Crippen molar-refractivity contribution in [1.29, 1.82) is 0 Å². The van der Waals surface area contributed by atoms with Gasteiger partial charge in [-0.25, -0.2) is 0 Å². The standard InChI is InChI=1S/C13H25N3O2/c14-12-7-15-4-1-13(12)18-11-2-5-16(6-3-11)10-8-17-9-10/h10-13,15H,1-9,14H2. The smallest absolute Gasteiger partial charge is 0.0754 e. The van der Waals surface area contributed by atoms with E-state index in [2.05, 4.69) is 10.2 Å². The Kier molecular flexibility index (Phi) is 4.16. The fourth-order valence-corrected chi connectivity index (χ4v) is 3.09. The van der Waals surface area contributed by atoms with E-state index in [0.29, 0.717) is 12.1 Å². The van der Waals surface area contributed by atoms with E-state index in [1.165, 1.54) is 0 Å². The zero-order valence-electron chi connectivity index (χ0n) is 11.0. The van der Waals surface area contributed by atoms with E-state index in [-0.39, 0.29) is 12.1 Å². The minimum absolute atomic E-state index is 0.164. The van der Waals surface area contributed by atoms with E-state index >= 15 is 0 Å². The van der Waals surface area contributed by atoms with Crippen molar-refractivity contribution in [2.24, 2.45) is 5.73 Å². The molecule has 3 aliphatic rings. The highest BCUT2D eigenvalue weighted by Crippen LogP contribution is 2.22. The van der Waals surface area contributed by atoms with Crippen molar-refractivity contribution in [3.8, 4) is 0 Å². The molecule has 3 saturated heterocycles. The highest BCUT2D eigenvalue weighted by atomic mass is 16.5. The summed E-state index contributed by atoms with van der Waals surface area (Å²) in [5.74, 6) is 0. The first kappa shape index (κ1) is 12.8. The van der Waals surface area contributed by atoms with Crippen LogP contribution in [0.4, 0.5) is 0 Å². The molecular weight excluding hydrogens is 230 g/mol. The molecule has 3 aliphatic heterocycles. The molecule has 0 aromatic carbocycles. The van der Waals surface area contributed by atoms with Crippen molar-refractivity contribution in [3.05, 3.63) is 0 Å². The van der Waals surface area contributed by atoms with E-state index in [4.69, 9.17) is 15.2 Å². The number of hydrogen-bond acceptors (Lipinski definition) is 5. The van der Waals surface area contributed by atoms with Gasteiger partial charge in [0.25, 0.3) is 0 Å². The predicted molar refractivity (Wildman–Crippen MR) is 69.5 cm³/mol. The van der Waals surface area contributed by atoms with Crippen molar-refractivity contribution in [2.75, 3.05) is 39.4 Å². The van der Waals surface area contributed by atoms with E-state index in [1.807, 2.05) is 0 Å². The van der Waals surface area contributed by atoms with Crippen LogP contribution in [0, 0.1) is 0 Å². The molecular formula is C13H25N3O2. The highest BCUT2D eigenvalue weighted by Gasteiger charge is 2.32. The van der Waals surface area contributed by atoms with Crippen molar-refractivity contribution in [3.63, 3.8) is 0 Å². The van der Waals surface area contributed by atoms with Gasteiger partial charge in [0.2, 0.25) is 0 Å². The minimum Gasteiger partial charge on any atom is -0.378 e. The van der Waals surface area contributed by atoms with E-state index in [0.717, 1.165) is 58.7 Å². The van der Waals surface area contributed by atoms with Crippen molar-refractivity contribution < 1.29 is 9.47 Å². The molecule has 2 unspecified atom stereocenters. The number of rotatable bonds is 3. The van der Waals surface area contributed by atoms with Crippen LogP contribution in [-0.4, -0.2) is 68.6 Å². The second-order valence-electron chi connectivity index (χ2n) is 5.76. The monoisotopic (exact) mass is 255 g/mol. The summed E-state index contributed by atoms with van der Waals surface area (Å²) in [5, 5.41) is 3.31. The molecule has 0 bridgehead atoms. The zero-order chi connectivity index (χ0) is 12.4. The summed E-state index contributed by atoms with van der Waals surface area (Å²) in [6.45, 7) is 6.08. The summed E-state index contributed by atoms with van der Waals surface area (Å²) < 4.78 is 11.5. The average Bonchev–Trinajstić information content (AvgIpc) is 2.32. The summed E-state index contributed by atoms with van der Waals surface area (Å²) in [4.78, 5) is 2.55. The van der Waals surface area contributed by atoms with Crippen LogP contribution in [0.1, 0.15) is 19.3 Å². The third kappa shape index (κ3) is 2.86. The van der Waals surface area contributed by atoms with Crippen molar-refractivity contribution in [1.82, 2.24) is 10.2 Å². The van der Waals surface area contributed by atoms with E-state index < -0.39 is 0 Å². The van der Waals surface area contributed by atoms with Gasteiger partial charge in [-0.1, -0.05) is 0 Å². The SMILES string of the molecule is NC1CNCCC1OC1CCN(C2COC2)CC1. The normalized spacial score (nSPS) is 36.5. The number of nitrogens with two attached hydrogens (primary N) is 1. The van der Waals surface area contributed by atoms with Gasteiger partial charge in [0.15, 0.2) is 0 Å². The minimum atomic E-state index is 0.164. The molecule has 0 amide bonds. The van der Waals surface area contributed by atoms with Crippen LogP contribution in [0.2, 0.25) is 0 Å². The Hall–Kier alpha value is -0.200. The lowest BCUT2D eigenvalue weighted by atomic mass is 10.0. The second-order valence-corrected chi connectivity index (χ2v) is 5.76. The molecule has 0 aromatic rings. The summed E-state index contributed by atoms with van der Waals surface area (Å²) in [6.07, 6.45) is 4.02. The molecule has 0 aliphatic carbocycles. The van der Waals surface area contributed by atoms with Crippen LogP contribution in [-0.2, 0) is 9.47 Å². The molecule has 0 saturated carbocycles. The number of nitrogens with zero attached hydrogens (tertiary/aromatic N) is 1. The van der Waals surface area contributed by atoms with Gasteiger partial charge in [0.1, 0.15) is 0 Å². The Balaban J connectivity index is 1.41. The van der Waals surface area contributed by atoms with Gasteiger partial charge >= 0.3 is 0 Å². The Morgan fingerprint density at radius 1 is 1.17 bits per heavy atom. The van der Waals surface area contributed by atoms with Crippen LogP contribution in [0.25, 0.3) is 0 Å². The molecule has 5 nitrogen and oxygen atoms in total. The predicted octanol–water partition coefficient (Wildman–Crippen LogP) is -0.445. The third-order valence-electron chi connectivity index (χ3n) is 4.44. The molecule has 18 heavy (non-hydrogen) atoms. The summed E-state index contributed by atoms with van der Waals surface area (Å²) >= 11 is 0. The van der Waals surface area contributed by atoms with Gasteiger partial charge < -0.3 is 20.5 Å². The highest BCUT2D eigenvalue weighted by molar-refractivity contribution is 4.86. The summed E-state index contributed by atoms with van der Waals surface area (Å²) in [5.41, 5.74) is 6.09. The van der Waals surface area contributed by atoms with E-state index in [1.54, 1.807) is 0 Å². The molecule has 104 valence electrons. The number of likely N-dealkylation sites (tertiary alicyclic amines) is 1. The molecule has 3 heterocycles. The Bertz CT molecular complexity index is 265. The van der Waals surface area contributed by atoms with Crippen LogP contribution >= 0.6 is 0 Å². The van der Waals surface area contributed by atoms with Gasteiger partial charge in [-0.05, 0) is 25.8 Å². The van der Waals surface area contributed by atoms with Gasteiger partial charge in [0.05, 0.1) is 31.5 Å². The zero-order valence-corrected chi connectivity index (χ0v) is 11.0. The first-order chi connectivity index (χ1) is 8.83. The summed E-state index contributed by atoms with van der Waals surface area (Å²) in [7, 11) is 0. The average molecular weight is 255 g/mol. The van der Waals surface area contributed by atoms with Crippen LogP contribution in [0.5, 0.6) is 0 Å². The largest absolute Gasteiger partial charge is 0.378 e. The lowest BCUT2D eigenvalue weighted by Crippen LogP contribution is -2.55. The molecule has 0 spiro atoms. The maximum Gasteiger partial charge on any atom is 0.0754 e. The van der Waals surface area contributed by atoms with Gasteiger partial charge in [-0.3, -0.25) is 4.90 Å². The number of ether oxygens (including phenoxy) is 2. The molecule has 2 atom stereocenters. The quantitative estimate of drug-likeness (QED) is 0.716. The molecule has 3 rings (SSSR count). The maximum absolute atomic E-state index is 6.20. The molecule has 3 N–H and O–H groups in total. The fraction of sp³-hybridized carbons (Fsp3) is 1.00. The number of hydrogen-bond donors (Lipinski definition) is 2. The molecule has 0 radical (unpaired) electrons. The fourth-order valence-electron chi connectivity index (χ4n) is 3.09. The van der Waals surface area contributed by atoms with Crippen molar-refractivity contribution >= 4 is 0 Å². The first-order valence-electron chi connectivity index (χ1n) is 7.26. The van der Waals surface area contributed by atoms with Crippen LogP contribution < -0.4 is 11.1 Å². The van der Waals surface area contributed by atoms with E-state index in [9.17, 15) is 0 Å². The van der Waals surface area contributed by atoms with Gasteiger partial charge in [-0.15, -0.1) is 0 Å². The van der Waals surface area contributed by atoms with Crippen LogP contribution in [0.3, 0.4) is 0 Å². The van der Waals surface area contributed by atoms with Crippen LogP contribution in [0.15, 0.2) is 0 Å². The topological polar surface area (TPSA) is 59.8 Å². The maximum atomic E-state index is 6.20. The Morgan fingerprint density at radius 2 is 1.94 bits per heavy atom. The Labute approximate surface area is 109 Å². The first-order valence-corrected chi connectivity index (χ1v) is 7.26. The number of nitrogens with one attached hydrogen (secondary N) is 1. The van der Waals surface area contributed by atoms with Gasteiger partial charge in [-0.2, -0.15) is 0 Å². The van der Waals surface area contributed by atoms with Gasteiger partial charge in [0, 0.05) is 25.7 Å². The second kappa shape index (κ2) is 5.84. The summed E-state index contributed by atoms with van der Waals surface area (Å²) in [6, 6.07) is 0.837. The number of piperidine rings is 2.